The lowest BCUT2D eigenvalue weighted by Gasteiger charge is -2.26. The predicted octanol–water partition coefficient (Wildman–Crippen LogP) is 2.89. The second-order valence-corrected chi connectivity index (χ2v) is 6.67. The number of rotatable bonds is 5. The summed E-state index contributed by atoms with van der Waals surface area (Å²) in [6, 6.07) is 14.7. The number of fused-ring (bicyclic) bond motifs is 3. The van der Waals surface area contributed by atoms with Crippen molar-refractivity contribution in [3.8, 4) is 0 Å². The van der Waals surface area contributed by atoms with Crippen molar-refractivity contribution in [1.29, 1.82) is 0 Å². The second kappa shape index (κ2) is 5.73. The Kier molecular flexibility index (Phi) is 3.95. The van der Waals surface area contributed by atoms with Crippen LogP contribution in [0, 0.1) is 0 Å². The maximum absolute atomic E-state index is 9.37. The average Bonchev–Trinajstić information content (AvgIpc) is 2.92. The number of hydrogen-bond acceptors (Lipinski definition) is 4. The summed E-state index contributed by atoms with van der Waals surface area (Å²) in [7, 11) is 0. The van der Waals surface area contributed by atoms with Crippen LogP contribution in [-0.2, 0) is 6.54 Å². The Bertz CT molecular complexity index is 762. The van der Waals surface area contributed by atoms with E-state index in [1.54, 1.807) is 11.3 Å². The molecule has 0 spiro atoms. The van der Waals surface area contributed by atoms with Crippen LogP contribution in [0.25, 0.3) is 20.2 Å². The van der Waals surface area contributed by atoms with E-state index in [0.717, 1.165) is 0 Å². The summed E-state index contributed by atoms with van der Waals surface area (Å²) in [5.41, 5.74) is 0.542. The number of benzene rings is 2. The van der Waals surface area contributed by atoms with Gasteiger partial charge in [-0.1, -0.05) is 36.4 Å². The minimum absolute atomic E-state index is 0.0914. The molecule has 1 heterocycles. The molecule has 0 aliphatic rings. The lowest BCUT2D eigenvalue weighted by molar-refractivity contribution is 0.103. The van der Waals surface area contributed by atoms with Gasteiger partial charge in [-0.2, -0.15) is 0 Å². The highest BCUT2D eigenvalue weighted by Crippen LogP contribution is 2.35. The lowest BCUT2D eigenvalue weighted by atomic mass is 10.0. The Morgan fingerprint density at radius 1 is 1.00 bits per heavy atom. The molecule has 0 amide bonds. The van der Waals surface area contributed by atoms with E-state index in [1.165, 1.54) is 25.7 Å². The van der Waals surface area contributed by atoms with E-state index in [1.807, 2.05) is 6.92 Å². The maximum atomic E-state index is 9.37. The first kappa shape index (κ1) is 14.5. The Balaban J connectivity index is 1.99. The quantitative estimate of drug-likeness (QED) is 0.679. The van der Waals surface area contributed by atoms with Crippen molar-refractivity contribution < 1.29 is 10.2 Å². The second-order valence-electron chi connectivity index (χ2n) is 5.62. The van der Waals surface area contributed by atoms with Gasteiger partial charge in [0.2, 0.25) is 0 Å². The number of aliphatic hydroxyl groups excluding tert-OH is 2. The summed E-state index contributed by atoms with van der Waals surface area (Å²) in [4.78, 5) is 0. The van der Waals surface area contributed by atoms with Crippen LogP contribution in [0.15, 0.2) is 42.5 Å². The van der Waals surface area contributed by atoms with Crippen LogP contribution >= 0.6 is 11.3 Å². The van der Waals surface area contributed by atoms with Crippen LogP contribution < -0.4 is 5.32 Å². The molecule has 110 valence electrons. The van der Waals surface area contributed by atoms with Gasteiger partial charge in [0.05, 0.1) is 18.8 Å². The van der Waals surface area contributed by atoms with E-state index in [0.29, 0.717) is 6.54 Å². The molecule has 3 N–H and O–H groups in total. The summed E-state index contributed by atoms with van der Waals surface area (Å²) in [5.74, 6) is 0. The Morgan fingerprint density at radius 2 is 1.71 bits per heavy atom. The van der Waals surface area contributed by atoms with Crippen LogP contribution in [-0.4, -0.2) is 29.0 Å². The molecule has 1 aromatic heterocycles. The van der Waals surface area contributed by atoms with Crippen LogP contribution in [0.1, 0.15) is 12.5 Å². The predicted molar refractivity (Wildman–Crippen MR) is 88.7 cm³/mol. The Hall–Kier alpha value is -1.46. The van der Waals surface area contributed by atoms with Gasteiger partial charge < -0.3 is 15.5 Å². The number of aliphatic hydroxyl groups is 2. The van der Waals surface area contributed by atoms with Gasteiger partial charge >= 0.3 is 0 Å². The fourth-order valence-corrected chi connectivity index (χ4v) is 3.63. The van der Waals surface area contributed by atoms with Crippen molar-refractivity contribution in [2.75, 3.05) is 13.2 Å². The number of thiophene rings is 1. The van der Waals surface area contributed by atoms with Gasteiger partial charge in [0.1, 0.15) is 0 Å². The van der Waals surface area contributed by atoms with Crippen LogP contribution in [0.3, 0.4) is 0 Å². The van der Waals surface area contributed by atoms with Gasteiger partial charge in [0, 0.05) is 26.7 Å². The molecule has 0 saturated heterocycles. The van der Waals surface area contributed by atoms with E-state index in [4.69, 9.17) is 0 Å². The highest BCUT2D eigenvalue weighted by Gasteiger charge is 2.21. The molecule has 0 bridgehead atoms. The summed E-state index contributed by atoms with van der Waals surface area (Å²) in [5, 5.41) is 24.5. The van der Waals surface area contributed by atoms with Gasteiger partial charge in [0.25, 0.3) is 0 Å². The first-order valence-electron chi connectivity index (χ1n) is 7.03. The SMILES string of the molecule is CC(CO)(CO)NCc1cccc2c1sc1ccccc12. The molecule has 21 heavy (non-hydrogen) atoms. The van der Waals surface area contributed by atoms with Gasteiger partial charge in [0.15, 0.2) is 0 Å². The standard InChI is InChI=1S/C17H19NO2S/c1-17(10-19,11-20)18-9-12-5-4-7-14-13-6-2-3-8-15(13)21-16(12)14/h2-8,18-20H,9-11H2,1H3. The molecular formula is C17H19NO2S. The zero-order valence-electron chi connectivity index (χ0n) is 12.0. The van der Waals surface area contributed by atoms with Gasteiger partial charge in [-0.3, -0.25) is 0 Å². The number of nitrogens with one attached hydrogen (secondary N) is 1. The van der Waals surface area contributed by atoms with Crippen LogP contribution in [0.5, 0.6) is 0 Å². The van der Waals surface area contributed by atoms with Gasteiger partial charge in [-0.15, -0.1) is 11.3 Å². The average molecular weight is 301 g/mol. The zero-order valence-corrected chi connectivity index (χ0v) is 12.8. The highest BCUT2D eigenvalue weighted by molar-refractivity contribution is 7.26. The molecule has 2 aromatic carbocycles. The third kappa shape index (κ3) is 2.68. The number of hydrogen-bond donors (Lipinski definition) is 3. The summed E-state index contributed by atoms with van der Waals surface area (Å²) >= 11 is 1.79. The van der Waals surface area contributed by atoms with E-state index >= 15 is 0 Å². The fraction of sp³-hybridized carbons (Fsp3) is 0.294. The minimum Gasteiger partial charge on any atom is -0.394 e. The summed E-state index contributed by atoms with van der Waals surface area (Å²) in [6.07, 6.45) is 0. The van der Waals surface area contributed by atoms with E-state index in [2.05, 4.69) is 47.8 Å². The molecule has 0 unspecified atom stereocenters. The van der Waals surface area contributed by atoms with Crippen LogP contribution in [0.4, 0.5) is 0 Å². The van der Waals surface area contributed by atoms with E-state index < -0.39 is 5.54 Å². The summed E-state index contributed by atoms with van der Waals surface area (Å²) in [6.45, 7) is 2.26. The van der Waals surface area contributed by atoms with Gasteiger partial charge in [-0.25, -0.2) is 0 Å². The monoisotopic (exact) mass is 301 g/mol. The van der Waals surface area contributed by atoms with Crippen LogP contribution in [0.2, 0.25) is 0 Å². The first-order chi connectivity index (χ1) is 10.2. The molecule has 0 aliphatic heterocycles. The molecule has 0 radical (unpaired) electrons. The molecular weight excluding hydrogens is 282 g/mol. The van der Waals surface area contributed by atoms with Crippen molar-refractivity contribution in [2.24, 2.45) is 0 Å². The van der Waals surface area contributed by atoms with Crippen molar-refractivity contribution in [2.45, 2.75) is 19.0 Å². The lowest BCUT2D eigenvalue weighted by Crippen LogP contribution is -2.48. The molecule has 0 saturated carbocycles. The molecule has 3 rings (SSSR count). The molecule has 0 fully saturated rings. The van der Waals surface area contributed by atoms with Crippen molar-refractivity contribution in [1.82, 2.24) is 5.32 Å². The topological polar surface area (TPSA) is 52.5 Å². The maximum Gasteiger partial charge on any atom is 0.0633 e. The van der Waals surface area contributed by atoms with E-state index in [9.17, 15) is 10.2 Å². The molecule has 0 atom stereocenters. The first-order valence-corrected chi connectivity index (χ1v) is 7.84. The largest absolute Gasteiger partial charge is 0.394 e. The smallest absolute Gasteiger partial charge is 0.0633 e. The van der Waals surface area contributed by atoms with Crippen molar-refractivity contribution >= 4 is 31.5 Å². The van der Waals surface area contributed by atoms with Crippen molar-refractivity contribution in [3.05, 3.63) is 48.0 Å². The fourth-order valence-electron chi connectivity index (χ4n) is 2.42. The third-order valence-corrected chi connectivity index (χ3v) is 5.15. The van der Waals surface area contributed by atoms with E-state index in [-0.39, 0.29) is 13.2 Å². The third-order valence-electron chi connectivity index (χ3n) is 3.89. The highest BCUT2D eigenvalue weighted by atomic mass is 32.1. The Morgan fingerprint density at radius 3 is 2.48 bits per heavy atom. The van der Waals surface area contributed by atoms with Crippen molar-refractivity contribution in [3.63, 3.8) is 0 Å². The molecule has 0 aliphatic carbocycles. The summed E-state index contributed by atoms with van der Waals surface area (Å²) < 4.78 is 2.55. The molecule has 3 nitrogen and oxygen atoms in total. The minimum atomic E-state index is -0.654. The normalized spacial score (nSPS) is 12.3. The van der Waals surface area contributed by atoms with Gasteiger partial charge in [-0.05, 0) is 18.6 Å². The molecule has 4 heteroatoms. The zero-order chi connectivity index (χ0) is 14.9. The molecule has 3 aromatic rings. The Labute approximate surface area is 127 Å².